The highest BCUT2D eigenvalue weighted by molar-refractivity contribution is 6.04. The zero-order valence-electron chi connectivity index (χ0n) is 10.7. The summed E-state index contributed by atoms with van der Waals surface area (Å²) in [5.41, 5.74) is 2.20. The summed E-state index contributed by atoms with van der Waals surface area (Å²) in [7, 11) is 0. The number of rotatable bonds is 3. The zero-order chi connectivity index (χ0) is 14.2. The second-order valence-electron chi connectivity index (χ2n) is 4.57. The number of hydrogen-bond donors (Lipinski definition) is 2. The van der Waals surface area contributed by atoms with Crippen LogP contribution in [-0.2, 0) is 16.1 Å². The minimum atomic E-state index is -0.524. The first-order valence-corrected chi connectivity index (χ1v) is 5.90. The van der Waals surface area contributed by atoms with Crippen LogP contribution in [0.1, 0.15) is 30.0 Å². The molecule has 0 saturated carbocycles. The van der Waals surface area contributed by atoms with E-state index < -0.39 is 5.91 Å². The molecule has 0 aromatic carbocycles. The summed E-state index contributed by atoms with van der Waals surface area (Å²) in [6.45, 7) is 3.36. The molecule has 19 heavy (non-hydrogen) atoms. The zero-order valence-corrected chi connectivity index (χ0v) is 10.7. The van der Waals surface area contributed by atoms with Crippen LogP contribution in [0, 0.1) is 11.8 Å². The molecule has 1 aromatic rings. The summed E-state index contributed by atoms with van der Waals surface area (Å²) in [6, 6.07) is 1.44. The molecule has 1 aromatic heterocycles. The van der Waals surface area contributed by atoms with E-state index in [1.165, 1.54) is 12.3 Å². The minimum absolute atomic E-state index is 0.0535. The van der Waals surface area contributed by atoms with Crippen molar-refractivity contribution < 1.29 is 18.8 Å². The fraction of sp³-hybridized carbons (Fsp3) is 0.417. The SMILES string of the molecule is CC1C(=O)N(Cc2occc2C(=O)NN)C(=O)C1C. The minimum Gasteiger partial charge on any atom is -0.467 e. The Bertz CT molecular complexity index is 517. The van der Waals surface area contributed by atoms with Crippen molar-refractivity contribution in [2.75, 3.05) is 0 Å². The van der Waals surface area contributed by atoms with Crippen molar-refractivity contribution in [3.63, 3.8) is 0 Å². The van der Waals surface area contributed by atoms with E-state index in [9.17, 15) is 14.4 Å². The van der Waals surface area contributed by atoms with Crippen molar-refractivity contribution >= 4 is 17.7 Å². The van der Waals surface area contributed by atoms with Crippen LogP contribution in [0.3, 0.4) is 0 Å². The van der Waals surface area contributed by atoms with Gasteiger partial charge in [-0.25, -0.2) is 5.84 Å². The fourth-order valence-electron chi connectivity index (χ4n) is 2.07. The maximum absolute atomic E-state index is 11.9. The molecule has 2 unspecified atom stereocenters. The Morgan fingerprint density at radius 2 is 1.95 bits per heavy atom. The number of hydrogen-bond acceptors (Lipinski definition) is 5. The molecule has 0 aliphatic carbocycles. The van der Waals surface area contributed by atoms with Gasteiger partial charge in [-0.15, -0.1) is 0 Å². The summed E-state index contributed by atoms with van der Waals surface area (Å²) >= 11 is 0. The Morgan fingerprint density at radius 1 is 1.37 bits per heavy atom. The highest BCUT2D eigenvalue weighted by Gasteiger charge is 2.42. The normalized spacial score (nSPS) is 23.0. The predicted molar refractivity (Wildman–Crippen MR) is 64.2 cm³/mol. The molecule has 2 heterocycles. The number of carbonyl (C=O) groups excluding carboxylic acids is 3. The van der Waals surface area contributed by atoms with E-state index in [2.05, 4.69) is 0 Å². The number of hydrazine groups is 1. The van der Waals surface area contributed by atoms with Gasteiger partial charge < -0.3 is 4.42 Å². The summed E-state index contributed by atoms with van der Waals surface area (Å²) in [6.07, 6.45) is 1.32. The third-order valence-corrected chi connectivity index (χ3v) is 3.48. The van der Waals surface area contributed by atoms with Gasteiger partial charge in [-0.1, -0.05) is 13.8 Å². The Labute approximate surface area is 109 Å². The molecule has 3 N–H and O–H groups in total. The largest absolute Gasteiger partial charge is 0.467 e. The van der Waals surface area contributed by atoms with Crippen LogP contribution in [0.25, 0.3) is 0 Å². The van der Waals surface area contributed by atoms with Crippen molar-refractivity contribution in [1.29, 1.82) is 0 Å². The third kappa shape index (κ3) is 2.12. The van der Waals surface area contributed by atoms with Gasteiger partial charge in [0, 0.05) is 11.8 Å². The lowest BCUT2D eigenvalue weighted by Crippen LogP contribution is -2.33. The molecule has 1 aliphatic rings. The fourth-order valence-corrected chi connectivity index (χ4v) is 2.07. The second kappa shape index (κ2) is 4.85. The molecular formula is C12H15N3O4. The molecule has 2 rings (SSSR count). The van der Waals surface area contributed by atoms with Crippen LogP contribution in [0.5, 0.6) is 0 Å². The molecule has 3 amide bonds. The van der Waals surface area contributed by atoms with Crippen molar-refractivity contribution in [1.82, 2.24) is 10.3 Å². The lowest BCUT2D eigenvalue weighted by Gasteiger charge is -2.13. The topological polar surface area (TPSA) is 106 Å². The van der Waals surface area contributed by atoms with Crippen LogP contribution in [0.4, 0.5) is 0 Å². The summed E-state index contributed by atoms with van der Waals surface area (Å²) in [4.78, 5) is 36.5. The van der Waals surface area contributed by atoms with Gasteiger partial charge in [0.1, 0.15) is 5.76 Å². The molecule has 1 aliphatic heterocycles. The van der Waals surface area contributed by atoms with Gasteiger partial charge in [-0.3, -0.25) is 24.7 Å². The summed E-state index contributed by atoms with van der Waals surface area (Å²) in [5, 5.41) is 0. The van der Waals surface area contributed by atoms with Gasteiger partial charge in [0.05, 0.1) is 18.4 Å². The van der Waals surface area contributed by atoms with Gasteiger partial charge >= 0.3 is 0 Å². The monoisotopic (exact) mass is 265 g/mol. The Balaban J connectivity index is 2.23. The molecule has 1 saturated heterocycles. The second-order valence-corrected chi connectivity index (χ2v) is 4.57. The molecule has 0 spiro atoms. The van der Waals surface area contributed by atoms with Gasteiger partial charge in [0.25, 0.3) is 5.91 Å². The Morgan fingerprint density at radius 3 is 2.47 bits per heavy atom. The number of amides is 3. The van der Waals surface area contributed by atoms with E-state index in [0.29, 0.717) is 0 Å². The van der Waals surface area contributed by atoms with Crippen LogP contribution >= 0.6 is 0 Å². The molecule has 1 fully saturated rings. The number of nitrogens with two attached hydrogens (primary N) is 1. The van der Waals surface area contributed by atoms with Crippen molar-refractivity contribution in [3.8, 4) is 0 Å². The molecule has 0 radical (unpaired) electrons. The van der Waals surface area contributed by atoms with E-state index >= 15 is 0 Å². The maximum Gasteiger partial charge on any atom is 0.268 e. The van der Waals surface area contributed by atoms with Gasteiger partial charge in [0.15, 0.2) is 0 Å². The Hall–Kier alpha value is -2.15. The first-order valence-electron chi connectivity index (χ1n) is 5.90. The molecule has 0 bridgehead atoms. The van der Waals surface area contributed by atoms with Crippen LogP contribution in [0.15, 0.2) is 16.7 Å². The lowest BCUT2D eigenvalue weighted by molar-refractivity contribution is -0.140. The van der Waals surface area contributed by atoms with Crippen molar-refractivity contribution in [2.24, 2.45) is 17.7 Å². The lowest BCUT2D eigenvalue weighted by atomic mass is 10.00. The molecule has 102 valence electrons. The highest BCUT2D eigenvalue weighted by Crippen LogP contribution is 2.27. The number of nitrogens with one attached hydrogen (secondary N) is 1. The van der Waals surface area contributed by atoms with E-state index in [0.717, 1.165) is 4.90 Å². The van der Waals surface area contributed by atoms with Crippen molar-refractivity contribution in [2.45, 2.75) is 20.4 Å². The summed E-state index contributed by atoms with van der Waals surface area (Å²) in [5.74, 6) is 3.55. The number of likely N-dealkylation sites (tertiary alicyclic amines) is 1. The van der Waals surface area contributed by atoms with E-state index in [1.807, 2.05) is 5.43 Å². The van der Waals surface area contributed by atoms with Gasteiger partial charge in [-0.2, -0.15) is 0 Å². The quantitative estimate of drug-likeness (QED) is 0.347. The van der Waals surface area contributed by atoms with E-state index in [4.69, 9.17) is 10.3 Å². The van der Waals surface area contributed by atoms with Crippen molar-refractivity contribution in [3.05, 3.63) is 23.7 Å². The summed E-state index contributed by atoms with van der Waals surface area (Å²) < 4.78 is 5.15. The average Bonchev–Trinajstić information content (AvgIpc) is 2.94. The highest BCUT2D eigenvalue weighted by atomic mass is 16.3. The molecule has 7 nitrogen and oxygen atoms in total. The number of nitrogen functional groups attached to an aromatic ring is 1. The van der Waals surface area contributed by atoms with Crippen LogP contribution in [-0.4, -0.2) is 22.6 Å². The standard InChI is InChI=1S/C12H15N3O4/c1-6-7(2)12(18)15(11(6)17)5-9-8(3-4-19-9)10(16)14-13/h3-4,6-7H,5,13H2,1-2H3,(H,14,16). The number of carbonyl (C=O) groups is 3. The molecule has 2 atom stereocenters. The smallest absolute Gasteiger partial charge is 0.268 e. The number of imide groups is 1. The third-order valence-electron chi connectivity index (χ3n) is 3.48. The molecule has 7 heteroatoms. The van der Waals surface area contributed by atoms with E-state index in [-0.39, 0.29) is 41.5 Å². The van der Waals surface area contributed by atoms with Gasteiger partial charge in [-0.05, 0) is 6.07 Å². The average molecular weight is 265 g/mol. The van der Waals surface area contributed by atoms with Crippen LogP contribution < -0.4 is 11.3 Å². The first-order chi connectivity index (χ1) is 8.97. The van der Waals surface area contributed by atoms with E-state index in [1.54, 1.807) is 13.8 Å². The predicted octanol–water partition coefficient (Wildman–Crippen LogP) is 0.0241. The maximum atomic E-state index is 11.9. The Kier molecular flexibility index (Phi) is 3.39. The van der Waals surface area contributed by atoms with Gasteiger partial charge in [0.2, 0.25) is 11.8 Å². The number of nitrogens with zero attached hydrogens (tertiary/aromatic N) is 1. The van der Waals surface area contributed by atoms with Crippen LogP contribution in [0.2, 0.25) is 0 Å². The first kappa shape index (κ1) is 13.3. The molecular weight excluding hydrogens is 250 g/mol. The number of furan rings is 1.